The van der Waals surface area contributed by atoms with Gasteiger partial charge in [-0.1, -0.05) is 6.42 Å². The molecule has 3 atom stereocenters. The second-order valence-corrected chi connectivity index (χ2v) is 5.98. The molecular formula is C15H22N2O. The first kappa shape index (κ1) is 12.0. The Balaban J connectivity index is 1.69. The lowest BCUT2D eigenvalue weighted by molar-refractivity contribution is 0.281. The van der Waals surface area contributed by atoms with Gasteiger partial charge in [0.25, 0.3) is 0 Å². The first-order valence-corrected chi connectivity index (χ1v) is 7.02. The van der Waals surface area contributed by atoms with Crippen LogP contribution >= 0.6 is 0 Å². The van der Waals surface area contributed by atoms with Gasteiger partial charge in [-0.2, -0.15) is 0 Å². The molecule has 2 bridgehead atoms. The number of nitrogens with zero attached hydrogens (tertiary/aromatic N) is 2. The van der Waals surface area contributed by atoms with E-state index in [4.69, 9.17) is 0 Å². The average molecular weight is 246 g/mol. The van der Waals surface area contributed by atoms with Crippen molar-refractivity contribution in [3.63, 3.8) is 0 Å². The molecule has 0 aliphatic heterocycles. The molecule has 18 heavy (non-hydrogen) atoms. The Hall–Kier alpha value is -1.09. The molecule has 3 nitrogen and oxygen atoms in total. The molecule has 0 aromatic carbocycles. The third-order valence-electron chi connectivity index (χ3n) is 4.86. The molecule has 2 fully saturated rings. The van der Waals surface area contributed by atoms with Crippen molar-refractivity contribution in [2.24, 2.45) is 17.8 Å². The van der Waals surface area contributed by atoms with Gasteiger partial charge in [0.2, 0.25) is 0 Å². The van der Waals surface area contributed by atoms with Crippen LogP contribution in [0.3, 0.4) is 0 Å². The van der Waals surface area contributed by atoms with Gasteiger partial charge in [-0.15, -0.1) is 0 Å². The third kappa shape index (κ3) is 2.12. The molecule has 3 rings (SSSR count). The summed E-state index contributed by atoms with van der Waals surface area (Å²) in [6.45, 7) is 1.21. The second kappa shape index (κ2) is 4.88. The maximum absolute atomic E-state index is 9.38. The average Bonchev–Trinajstić information content (AvgIpc) is 3.01. The number of fused-ring (bicyclic) bond motifs is 2. The normalized spacial score (nSPS) is 29.8. The van der Waals surface area contributed by atoms with E-state index < -0.39 is 0 Å². The molecule has 1 aromatic heterocycles. The van der Waals surface area contributed by atoms with Gasteiger partial charge >= 0.3 is 0 Å². The number of pyridine rings is 1. The summed E-state index contributed by atoms with van der Waals surface area (Å²) in [6, 6.07) is 1.91. The summed E-state index contributed by atoms with van der Waals surface area (Å²) in [4.78, 5) is 6.47. The molecule has 1 aromatic rings. The molecule has 2 saturated carbocycles. The van der Waals surface area contributed by atoms with Gasteiger partial charge in [0.05, 0.1) is 18.5 Å². The molecule has 0 radical (unpaired) electrons. The van der Waals surface area contributed by atoms with Gasteiger partial charge in [-0.05, 0) is 43.1 Å². The van der Waals surface area contributed by atoms with Crippen molar-refractivity contribution in [3.8, 4) is 0 Å². The van der Waals surface area contributed by atoms with E-state index >= 15 is 0 Å². The van der Waals surface area contributed by atoms with Crippen molar-refractivity contribution in [1.82, 2.24) is 4.98 Å². The zero-order chi connectivity index (χ0) is 12.5. The smallest absolute Gasteiger partial charge is 0.0703 e. The molecule has 1 N–H and O–H groups in total. The molecule has 0 spiro atoms. The molecular weight excluding hydrogens is 224 g/mol. The summed E-state index contributed by atoms with van der Waals surface area (Å²) in [5, 5.41) is 9.38. The van der Waals surface area contributed by atoms with Gasteiger partial charge in [0.1, 0.15) is 0 Å². The summed E-state index contributed by atoms with van der Waals surface area (Å²) < 4.78 is 0. The van der Waals surface area contributed by atoms with Crippen LogP contribution in [0.2, 0.25) is 0 Å². The van der Waals surface area contributed by atoms with Gasteiger partial charge in [-0.25, -0.2) is 0 Å². The van der Waals surface area contributed by atoms with Crippen LogP contribution in [0.5, 0.6) is 0 Å². The zero-order valence-corrected chi connectivity index (χ0v) is 11.0. The summed E-state index contributed by atoms with van der Waals surface area (Å²) in [5.41, 5.74) is 2.07. The Morgan fingerprint density at radius 1 is 1.39 bits per heavy atom. The molecule has 0 saturated heterocycles. The number of aliphatic hydroxyl groups is 1. The lowest BCUT2D eigenvalue weighted by Crippen LogP contribution is -2.29. The Morgan fingerprint density at radius 2 is 2.28 bits per heavy atom. The number of anilines is 1. The summed E-state index contributed by atoms with van der Waals surface area (Å²) in [6.07, 6.45) is 9.38. The molecule has 3 unspecified atom stereocenters. The van der Waals surface area contributed by atoms with Gasteiger partial charge in [-0.3, -0.25) is 4.98 Å². The number of hydrogen-bond donors (Lipinski definition) is 1. The Labute approximate surface area is 109 Å². The Morgan fingerprint density at radius 3 is 2.94 bits per heavy atom. The van der Waals surface area contributed by atoms with E-state index in [-0.39, 0.29) is 6.61 Å². The Kier molecular flexibility index (Phi) is 3.25. The highest BCUT2D eigenvalue weighted by Gasteiger charge is 2.39. The van der Waals surface area contributed by atoms with Crippen molar-refractivity contribution in [2.75, 3.05) is 18.5 Å². The van der Waals surface area contributed by atoms with Crippen LogP contribution in [-0.4, -0.2) is 23.7 Å². The van der Waals surface area contributed by atoms with Crippen molar-refractivity contribution < 1.29 is 5.11 Å². The van der Waals surface area contributed by atoms with E-state index in [1.54, 1.807) is 6.20 Å². The van der Waals surface area contributed by atoms with Crippen molar-refractivity contribution in [2.45, 2.75) is 32.3 Å². The summed E-state index contributed by atoms with van der Waals surface area (Å²) in [7, 11) is 2.13. The molecule has 1 heterocycles. The number of aliphatic hydroxyl groups excluding tert-OH is 1. The third-order valence-corrected chi connectivity index (χ3v) is 4.86. The van der Waals surface area contributed by atoms with Crippen LogP contribution in [0.1, 0.15) is 31.2 Å². The minimum atomic E-state index is 0.0961. The van der Waals surface area contributed by atoms with E-state index in [1.165, 1.54) is 25.7 Å². The van der Waals surface area contributed by atoms with Crippen LogP contribution in [0, 0.1) is 17.8 Å². The van der Waals surface area contributed by atoms with Gasteiger partial charge < -0.3 is 10.0 Å². The fourth-order valence-corrected chi connectivity index (χ4v) is 3.94. The van der Waals surface area contributed by atoms with Gasteiger partial charge in [0.15, 0.2) is 0 Å². The largest absolute Gasteiger partial charge is 0.392 e. The summed E-state index contributed by atoms with van der Waals surface area (Å²) in [5.74, 6) is 2.80. The molecule has 2 aliphatic rings. The lowest BCUT2D eigenvalue weighted by Gasteiger charge is -2.29. The first-order chi connectivity index (χ1) is 8.78. The number of rotatable bonds is 4. The van der Waals surface area contributed by atoms with Gasteiger partial charge in [0, 0.05) is 25.4 Å². The van der Waals surface area contributed by atoms with Crippen molar-refractivity contribution >= 4 is 5.69 Å². The van der Waals surface area contributed by atoms with Crippen LogP contribution in [0.4, 0.5) is 5.69 Å². The maximum atomic E-state index is 9.38. The highest BCUT2D eigenvalue weighted by Crippen LogP contribution is 2.48. The van der Waals surface area contributed by atoms with E-state index in [1.807, 2.05) is 12.3 Å². The monoisotopic (exact) mass is 246 g/mol. The highest BCUT2D eigenvalue weighted by molar-refractivity contribution is 5.50. The van der Waals surface area contributed by atoms with E-state index in [9.17, 15) is 5.11 Å². The molecule has 98 valence electrons. The predicted octanol–water partition coefficient (Wildman–Crippen LogP) is 2.45. The van der Waals surface area contributed by atoms with Crippen LogP contribution in [-0.2, 0) is 6.61 Å². The predicted molar refractivity (Wildman–Crippen MR) is 72.4 cm³/mol. The van der Waals surface area contributed by atoms with E-state index in [0.29, 0.717) is 0 Å². The highest BCUT2D eigenvalue weighted by atomic mass is 16.3. The fraction of sp³-hybridized carbons (Fsp3) is 0.667. The molecule has 0 amide bonds. The minimum Gasteiger partial charge on any atom is -0.392 e. The van der Waals surface area contributed by atoms with E-state index in [0.717, 1.165) is 35.5 Å². The first-order valence-electron chi connectivity index (χ1n) is 7.02. The Bertz CT molecular complexity index is 421. The maximum Gasteiger partial charge on any atom is 0.0703 e. The standard InChI is InChI=1S/C15H22N2O/c1-17(15-8-16-5-4-13(15)10-18)9-14-7-11-2-3-12(14)6-11/h4-5,8,11-12,14,18H,2-3,6-7,9-10H2,1H3. The second-order valence-electron chi connectivity index (χ2n) is 5.98. The SMILES string of the molecule is CN(CC1CC2CCC1C2)c1cnccc1CO. The van der Waals surface area contributed by atoms with Crippen LogP contribution in [0.25, 0.3) is 0 Å². The zero-order valence-electron chi connectivity index (χ0n) is 11.0. The minimum absolute atomic E-state index is 0.0961. The van der Waals surface area contributed by atoms with Crippen LogP contribution < -0.4 is 4.90 Å². The van der Waals surface area contributed by atoms with Crippen molar-refractivity contribution in [3.05, 3.63) is 24.0 Å². The number of aromatic nitrogens is 1. The van der Waals surface area contributed by atoms with Crippen molar-refractivity contribution in [1.29, 1.82) is 0 Å². The topological polar surface area (TPSA) is 36.4 Å². The quantitative estimate of drug-likeness (QED) is 0.886. The molecule has 3 heteroatoms. The fourth-order valence-electron chi connectivity index (χ4n) is 3.94. The summed E-state index contributed by atoms with van der Waals surface area (Å²) >= 11 is 0. The van der Waals surface area contributed by atoms with Crippen LogP contribution in [0.15, 0.2) is 18.5 Å². The van der Waals surface area contributed by atoms with E-state index in [2.05, 4.69) is 16.9 Å². The lowest BCUT2D eigenvalue weighted by atomic mass is 9.88. The molecule has 2 aliphatic carbocycles. The number of hydrogen-bond acceptors (Lipinski definition) is 3.